The van der Waals surface area contributed by atoms with Crippen LogP contribution in [-0.4, -0.2) is 73.0 Å². The monoisotopic (exact) mass is 526 g/mol. The van der Waals surface area contributed by atoms with Gasteiger partial charge in [-0.2, -0.15) is 10.1 Å². The molecule has 1 fully saturated rings. The third-order valence-corrected chi connectivity index (χ3v) is 6.73. The SMILES string of the molecule is COc1nsc(-n2cc(C(=O)O)c(=O)c3c(C)cc(N4CC(C(=O)Nc5cc(OC)n(C)n5)C4)nc32)n1. The second-order valence-electron chi connectivity index (χ2n) is 8.39. The Morgan fingerprint density at radius 1 is 1.19 bits per heavy atom. The molecule has 1 amide bonds. The van der Waals surface area contributed by atoms with Crippen molar-refractivity contribution in [3.05, 3.63) is 39.7 Å². The van der Waals surface area contributed by atoms with Crippen LogP contribution in [0.25, 0.3) is 16.2 Å². The van der Waals surface area contributed by atoms with E-state index in [-0.39, 0.29) is 28.9 Å². The van der Waals surface area contributed by atoms with Gasteiger partial charge in [0.15, 0.2) is 11.5 Å². The van der Waals surface area contributed by atoms with Crippen LogP contribution in [0.2, 0.25) is 0 Å². The first kappa shape index (κ1) is 24.2. The number of aryl methyl sites for hydroxylation is 2. The van der Waals surface area contributed by atoms with Crippen molar-refractivity contribution in [2.45, 2.75) is 6.92 Å². The van der Waals surface area contributed by atoms with Crippen molar-refractivity contribution in [1.29, 1.82) is 0 Å². The van der Waals surface area contributed by atoms with E-state index < -0.39 is 17.0 Å². The van der Waals surface area contributed by atoms with E-state index in [0.717, 1.165) is 11.5 Å². The van der Waals surface area contributed by atoms with Gasteiger partial charge in [-0.05, 0) is 18.6 Å². The van der Waals surface area contributed by atoms with E-state index in [2.05, 4.69) is 24.8 Å². The average molecular weight is 527 g/mol. The van der Waals surface area contributed by atoms with Crippen LogP contribution < -0.4 is 25.1 Å². The van der Waals surface area contributed by atoms with Crippen LogP contribution >= 0.6 is 11.5 Å². The number of hydrogen-bond donors (Lipinski definition) is 2. The van der Waals surface area contributed by atoms with Crippen LogP contribution in [0.15, 0.2) is 23.1 Å². The van der Waals surface area contributed by atoms with Crippen molar-refractivity contribution in [2.24, 2.45) is 13.0 Å². The molecule has 15 heteroatoms. The van der Waals surface area contributed by atoms with Crippen LogP contribution in [0, 0.1) is 12.8 Å². The minimum atomic E-state index is -1.36. The molecule has 37 heavy (non-hydrogen) atoms. The molecule has 0 radical (unpaired) electrons. The van der Waals surface area contributed by atoms with Crippen molar-refractivity contribution in [3.8, 4) is 17.0 Å². The summed E-state index contributed by atoms with van der Waals surface area (Å²) in [4.78, 5) is 48.3. The molecule has 1 aliphatic heterocycles. The Bertz CT molecular complexity index is 1600. The predicted octanol–water partition coefficient (Wildman–Crippen LogP) is 1.07. The molecule has 1 saturated heterocycles. The molecule has 2 N–H and O–H groups in total. The summed E-state index contributed by atoms with van der Waals surface area (Å²) in [6.45, 7) is 2.51. The smallest absolute Gasteiger partial charge is 0.341 e. The van der Waals surface area contributed by atoms with Crippen molar-refractivity contribution >= 4 is 46.1 Å². The second-order valence-corrected chi connectivity index (χ2v) is 9.12. The van der Waals surface area contributed by atoms with E-state index >= 15 is 0 Å². The largest absolute Gasteiger partial charge is 0.481 e. The molecule has 5 heterocycles. The van der Waals surface area contributed by atoms with E-state index in [1.54, 1.807) is 26.1 Å². The van der Waals surface area contributed by atoms with Crippen molar-refractivity contribution in [3.63, 3.8) is 0 Å². The molecule has 4 aromatic rings. The average Bonchev–Trinajstić information content (AvgIpc) is 3.43. The zero-order valence-electron chi connectivity index (χ0n) is 20.3. The molecule has 0 saturated carbocycles. The minimum Gasteiger partial charge on any atom is -0.481 e. The number of carboxylic acid groups (broad SMARTS) is 1. The summed E-state index contributed by atoms with van der Waals surface area (Å²) in [5.74, 6) is -0.378. The minimum absolute atomic E-state index is 0.110. The molecule has 0 unspecified atom stereocenters. The molecular formula is C22H22N8O6S. The summed E-state index contributed by atoms with van der Waals surface area (Å²) in [6, 6.07) is 3.45. The number of carbonyl (C=O) groups excluding carboxylic acids is 1. The Labute approximate surface area is 213 Å². The van der Waals surface area contributed by atoms with Crippen molar-refractivity contribution < 1.29 is 24.2 Å². The highest BCUT2D eigenvalue weighted by molar-refractivity contribution is 7.08. The van der Waals surface area contributed by atoms with Gasteiger partial charge in [0.1, 0.15) is 11.4 Å². The molecule has 0 atom stereocenters. The van der Waals surface area contributed by atoms with Gasteiger partial charge in [0, 0.05) is 43.9 Å². The van der Waals surface area contributed by atoms with Crippen LogP contribution in [0.3, 0.4) is 0 Å². The van der Waals surface area contributed by atoms with Gasteiger partial charge in [0.2, 0.25) is 22.3 Å². The summed E-state index contributed by atoms with van der Waals surface area (Å²) in [6.07, 6.45) is 1.19. The van der Waals surface area contributed by atoms with Gasteiger partial charge < -0.3 is 24.8 Å². The number of nitrogens with zero attached hydrogens (tertiary/aromatic N) is 7. The number of rotatable bonds is 7. The molecule has 14 nitrogen and oxygen atoms in total. The summed E-state index contributed by atoms with van der Waals surface area (Å²) in [7, 11) is 4.65. The molecule has 0 bridgehead atoms. The lowest BCUT2D eigenvalue weighted by Crippen LogP contribution is -2.52. The highest BCUT2D eigenvalue weighted by Crippen LogP contribution is 2.29. The van der Waals surface area contributed by atoms with Crippen molar-refractivity contribution in [1.82, 2.24) is 28.7 Å². The number of hydrogen-bond acceptors (Lipinski definition) is 11. The Morgan fingerprint density at radius 3 is 2.57 bits per heavy atom. The van der Waals surface area contributed by atoms with Crippen LogP contribution in [0.5, 0.6) is 11.9 Å². The number of fused-ring (bicyclic) bond motifs is 1. The lowest BCUT2D eigenvalue weighted by Gasteiger charge is -2.39. The fourth-order valence-corrected chi connectivity index (χ4v) is 4.70. The molecule has 192 valence electrons. The first-order valence-corrected chi connectivity index (χ1v) is 11.8. The molecular weight excluding hydrogens is 504 g/mol. The first-order valence-electron chi connectivity index (χ1n) is 11.0. The summed E-state index contributed by atoms with van der Waals surface area (Å²) in [5, 5.41) is 17.0. The maximum Gasteiger partial charge on any atom is 0.341 e. The van der Waals surface area contributed by atoms with E-state index in [1.807, 2.05) is 4.90 Å². The number of aromatic nitrogens is 6. The highest BCUT2D eigenvalue weighted by atomic mass is 32.1. The van der Waals surface area contributed by atoms with Gasteiger partial charge in [0.25, 0.3) is 0 Å². The fraction of sp³-hybridized carbons (Fsp3) is 0.318. The number of anilines is 2. The van der Waals surface area contributed by atoms with Crippen LogP contribution in [0.1, 0.15) is 15.9 Å². The standard InChI is InChI=1S/C22H22N8O6S/c1-10-5-14(29-7-11(8-29)19(32)23-13-6-15(35-3)28(2)26-13)24-18-16(10)17(31)12(20(33)34)9-30(18)22-25-21(36-4)27-37-22/h5-6,9,11H,7-8H2,1-4H3,(H,33,34)(H,23,26,32). The molecule has 4 aromatic heterocycles. The van der Waals surface area contributed by atoms with Crippen LogP contribution in [-0.2, 0) is 11.8 Å². The first-order chi connectivity index (χ1) is 17.7. The lowest BCUT2D eigenvalue weighted by atomic mass is 9.98. The second kappa shape index (κ2) is 9.16. The van der Waals surface area contributed by atoms with E-state index in [1.165, 1.54) is 29.7 Å². The van der Waals surface area contributed by atoms with Gasteiger partial charge in [-0.15, -0.1) is 4.37 Å². The number of amides is 1. The number of carbonyl (C=O) groups is 2. The Morgan fingerprint density at radius 2 is 1.95 bits per heavy atom. The summed E-state index contributed by atoms with van der Waals surface area (Å²) < 4.78 is 17.2. The normalized spacial score (nSPS) is 13.5. The number of aromatic carboxylic acids is 1. The number of nitrogens with one attached hydrogen (secondary N) is 1. The van der Waals surface area contributed by atoms with Gasteiger partial charge in [-0.1, -0.05) is 0 Å². The molecule has 5 rings (SSSR count). The molecule has 0 aliphatic carbocycles. The highest BCUT2D eigenvalue weighted by Gasteiger charge is 2.34. The summed E-state index contributed by atoms with van der Waals surface area (Å²) in [5.41, 5.74) is -0.270. The number of carboxylic acids is 1. The Hall–Kier alpha value is -4.53. The van der Waals surface area contributed by atoms with Gasteiger partial charge >= 0.3 is 12.0 Å². The quantitative estimate of drug-likeness (QED) is 0.353. The molecule has 0 aromatic carbocycles. The maximum atomic E-state index is 13.0. The number of ether oxygens (including phenoxy) is 2. The van der Waals surface area contributed by atoms with Crippen LogP contribution in [0.4, 0.5) is 11.6 Å². The number of methoxy groups -OCH3 is 2. The maximum absolute atomic E-state index is 13.0. The number of pyridine rings is 2. The Kier molecular flexibility index (Phi) is 5.99. The zero-order chi connectivity index (χ0) is 26.4. The summed E-state index contributed by atoms with van der Waals surface area (Å²) >= 11 is 0.976. The third-order valence-electron chi connectivity index (χ3n) is 6.03. The van der Waals surface area contributed by atoms with E-state index in [0.29, 0.717) is 41.3 Å². The Balaban J connectivity index is 1.45. The van der Waals surface area contributed by atoms with Gasteiger partial charge in [0.05, 0.1) is 25.5 Å². The van der Waals surface area contributed by atoms with E-state index in [4.69, 9.17) is 9.47 Å². The topological polar surface area (TPSA) is 167 Å². The fourth-order valence-electron chi connectivity index (χ4n) is 4.08. The van der Waals surface area contributed by atoms with E-state index in [9.17, 15) is 19.5 Å². The third kappa shape index (κ3) is 4.22. The van der Waals surface area contributed by atoms with Gasteiger partial charge in [-0.3, -0.25) is 14.2 Å². The molecule has 0 spiro atoms. The zero-order valence-corrected chi connectivity index (χ0v) is 21.1. The predicted molar refractivity (Wildman–Crippen MR) is 133 cm³/mol. The molecule has 1 aliphatic rings. The van der Waals surface area contributed by atoms with Gasteiger partial charge in [-0.25, -0.2) is 14.5 Å². The van der Waals surface area contributed by atoms with Crippen molar-refractivity contribution in [2.75, 3.05) is 37.5 Å². The lowest BCUT2D eigenvalue weighted by molar-refractivity contribution is -0.120.